The van der Waals surface area contributed by atoms with Gasteiger partial charge in [0.05, 0.1) is 0 Å². The second kappa shape index (κ2) is 5.51. The van der Waals surface area contributed by atoms with E-state index in [0.29, 0.717) is 30.0 Å². The molecule has 3 heteroatoms. The summed E-state index contributed by atoms with van der Waals surface area (Å²) in [6.07, 6.45) is 6.67. The quantitative estimate of drug-likeness (QED) is 0.726. The maximum atomic E-state index is 9.13. The van der Waals surface area contributed by atoms with Crippen LogP contribution in [-0.2, 0) is 0 Å². The molecule has 0 aromatic carbocycles. The van der Waals surface area contributed by atoms with Gasteiger partial charge in [-0.2, -0.15) is 0 Å². The summed E-state index contributed by atoms with van der Waals surface area (Å²) >= 11 is 0. The zero-order chi connectivity index (χ0) is 12.4. The Kier molecular flexibility index (Phi) is 4.23. The van der Waals surface area contributed by atoms with Crippen LogP contribution in [0.4, 0.5) is 0 Å². The van der Waals surface area contributed by atoms with Gasteiger partial charge in [0.25, 0.3) is 0 Å². The molecule has 2 rings (SSSR count). The van der Waals surface area contributed by atoms with E-state index in [2.05, 4.69) is 43.3 Å². The molecule has 2 aliphatic rings. The minimum Gasteiger partial charge on any atom is -0.396 e. The Morgan fingerprint density at radius 2 is 2.06 bits per heavy atom. The number of hydrogen-bond acceptors (Lipinski definition) is 3. The molecule has 1 aliphatic carbocycles. The zero-order valence-electron chi connectivity index (χ0n) is 11.3. The predicted molar refractivity (Wildman–Crippen MR) is 70.9 cm³/mol. The van der Waals surface area contributed by atoms with E-state index in [0.717, 1.165) is 6.42 Å². The first-order chi connectivity index (χ1) is 8.10. The third kappa shape index (κ3) is 3.09. The lowest BCUT2D eigenvalue weighted by Gasteiger charge is -2.41. The number of rotatable bonds is 3. The lowest BCUT2D eigenvalue weighted by atomic mass is 9.89. The number of aliphatic hydroxyl groups excluding tert-OH is 1. The van der Waals surface area contributed by atoms with Gasteiger partial charge in [-0.05, 0) is 32.7 Å². The van der Waals surface area contributed by atoms with Gasteiger partial charge >= 0.3 is 0 Å². The average molecular weight is 238 g/mol. The zero-order valence-corrected chi connectivity index (χ0v) is 11.3. The fraction of sp³-hybridized carbons (Fsp3) is 0.857. The fourth-order valence-electron chi connectivity index (χ4n) is 3.08. The monoisotopic (exact) mass is 238 g/mol. The Bertz CT molecular complexity index is 279. The second-order valence-electron chi connectivity index (χ2n) is 5.94. The highest BCUT2D eigenvalue weighted by molar-refractivity contribution is 5.07. The predicted octanol–water partition coefficient (Wildman–Crippen LogP) is 1.24. The van der Waals surface area contributed by atoms with Crippen LogP contribution in [0.3, 0.4) is 0 Å². The molecule has 1 saturated heterocycles. The molecule has 3 nitrogen and oxygen atoms in total. The van der Waals surface area contributed by atoms with Crippen LogP contribution in [0.1, 0.15) is 26.7 Å². The molecular weight excluding hydrogens is 212 g/mol. The molecule has 0 bridgehead atoms. The number of likely N-dealkylation sites (tertiary alicyclic amines) is 1. The Labute approximate surface area is 105 Å². The van der Waals surface area contributed by atoms with Crippen LogP contribution in [0.25, 0.3) is 0 Å². The molecule has 0 radical (unpaired) electrons. The van der Waals surface area contributed by atoms with Crippen molar-refractivity contribution in [1.29, 1.82) is 0 Å². The molecule has 0 aromatic heterocycles. The summed E-state index contributed by atoms with van der Waals surface area (Å²) in [5.41, 5.74) is 0. The van der Waals surface area contributed by atoms with Crippen LogP contribution in [0.15, 0.2) is 12.2 Å². The van der Waals surface area contributed by atoms with Gasteiger partial charge in [-0.3, -0.25) is 0 Å². The van der Waals surface area contributed by atoms with Gasteiger partial charge in [-0.15, -0.1) is 0 Å². The van der Waals surface area contributed by atoms with E-state index < -0.39 is 0 Å². The Morgan fingerprint density at radius 3 is 2.71 bits per heavy atom. The molecule has 98 valence electrons. The highest BCUT2D eigenvalue weighted by atomic mass is 16.3. The summed E-state index contributed by atoms with van der Waals surface area (Å²) < 4.78 is 0. The smallest absolute Gasteiger partial charge is 0.0494 e. The molecule has 0 spiro atoms. The van der Waals surface area contributed by atoms with E-state index in [1.165, 1.54) is 13.0 Å². The van der Waals surface area contributed by atoms with Crippen molar-refractivity contribution in [2.24, 2.45) is 11.8 Å². The van der Waals surface area contributed by atoms with Crippen molar-refractivity contribution in [2.75, 3.05) is 20.2 Å². The van der Waals surface area contributed by atoms with Gasteiger partial charge in [-0.25, -0.2) is 0 Å². The van der Waals surface area contributed by atoms with Crippen LogP contribution in [0.5, 0.6) is 0 Å². The third-order valence-electron chi connectivity index (χ3n) is 4.45. The topological polar surface area (TPSA) is 35.5 Å². The maximum Gasteiger partial charge on any atom is 0.0494 e. The van der Waals surface area contributed by atoms with Gasteiger partial charge in [0, 0.05) is 37.2 Å². The fourth-order valence-corrected chi connectivity index (χ4v) is 3.08. The van der Waals surface area contributed by atoms with Crippen molar-refractivity contribution in [3.05, 3.63) is 12.2 Å². The molecule has 5 atom stereocenters. The molecule has 2 N–H and O–H groups in total. The highest BCUT2D eigenvalue weighted by Crippen LogP contribution is 2.24. The molecule has 3 unspecified atom stereocenters. The van der Waals surface area contributed by atoms with Crippen molar-refractivity contribution in [3.63, 3.8) is 0 Å². The van der Waals surface area contributed by atoms with Gasteiger partial charge in [0.1, 0.15) is 0 Å². The first-order valence-electron chi connectivity index (χ1n) is 6.85. The molecule has 1 heterocycles. The molecule has 0 amide bonds. The molecule has 0 saturated carbocycles. The first-order valence-corrected chi connectivity index (χ1v) is 6.85. The summed E-state index contributed by atoms with van der Waals surface area (Å²) in [6.45, 7) is 6.11. The minimum atomic E-state index is 0.286. The summed E-state index contributed by atoms with van der Waals surface area (Å²) in [5, 5.41) is 12.9. The Hall–Kier alpha value is -0.380. The largest absolute Gasteiger partial charge is 0.396 e. The van der Waals surface area contributed by atoms with E-state index >= 15 is 0 Å². The van der Waals surface area contributed by atoms with E-state index in [9.17, 15) is 0 Å². The molecule has 17 heavy (non-hydrogen) atoms. The van der Waals surface area contributed by atoms with E-state index in [4.69, 9.17) is 5.11 Å². The summed E-state index contributed by atoms with van der Waals surface area (Å²) in [5.74, 6) is 1.07. The highest BCUT2D eigenvalue weighted by Gasteiger charge is 2.31. The average Bonchev–Trinajstić information content (AvgIpc) is 2.73. The summed E-state index contributed by atoms with van der Waals surface area (Å²) in [4.78, 5) is 2.45. The van der Waals surface area contributed by atoms with Gasteiger partial charge in [0.2, 0.25) is 0 Å². The van der Waals surface area contributed by atoms with Gasteiger partial charge in [-0.1, -0.05) is 19.1 Å². The Morgan fingerprint density at radius 1 is 1.29 bits per heavy atom. The first kappa shape index (κ1) is 13.1. The number of hydrogen-bond donors (Lipinski definition) is 2. The number of nitrogens with one attached hydrogen (secondary N) is 1. The molecule has 0 aromatic rings. The van der Waals surface area contributed by atoms with Crippen LogP contribution in [-0.4, -0.2) is 48.3 Å². The van der Waals surface area contributed by atoms with Crippen LogP contribution < -0.4 is 5.32 Å². The second-order valence-corrected chi connectivity index (χ2v) is 5.94. The Balaban J connectivity index is 1.85. The standard InChI is InChI=1S/C14H26N2O/c1-10-8-16(3)11(2)6-14(10)15-13-5-4-12(7-13)9-17/h4-5,10-15,17H,6-9H2,1-3H3/t10?,11?,12-,13+,14?/m0/s1. The van der Waals surface area contributed by atoms with E-state index in [1.54, 1.807) is 0 Å². The van der Waals surface area contributed by atoms with Crippen LogP contribution in [0.2, 0.25) is 0 Å². The van der Waals surface area contributed by atoms with Crippen molar-refractivity contribution < 1.29 is 5.11 Å². The minimum absolute atomic E-state index is 0.286. The lowest BCUT2D eigenvalue weighted by molar-refractivity contribution is 0.117. The van der Waals surface area contributed by atoms with Crippen LogP contribution >= 0.6 is 0 Å². The van der Waals surface area contributed by atoms with Crippen molar-refractivity contribution >= 4 is 0 Å². The van der Waals surface area contributed by atoms with E-state index in [1.807, 2.05) is 0 Å². The molecular formula is C14H26N2O. The lowest BCUT2D eigenvalue weighted by Crippen LogP contribution is -2.52. The SMILES string of the molecule is CC1CN(C)C(C)CC1N[C@@H]1C=C[C@H](CO)C1. The van der Waals surface area contributed by atoms with Crippen molar-refractivity contribution in [3.8, 4) is 0 Å². The van der Waals surface area contributed by atoms with Gasteiger partial charge in [0.15, 0.2) is 0 Å². The van der Waals surface area contributed by atoms with Gasteiger partial charge < -0.3 is 15.3 Å². The summed E-state index contributed by atoms with van der Waals surface area (Å²) in [6, 6.07) is 1.76. The molecule has 1 fully saturated rings. The summed E-state index contributed by atoms with van der Waals surface area (Å²) in [7, 11) is 2.22. The normalized spacial score (nSPS) is 43.2. The van der Waals surface area contributed by atoms with Crippen LogP contribution in [0, 0.1) is 11.8 Å². The molecule has 1 aliphatic heterocycles. The number of aliphatic hydroxyl groups is 1. The maximum absolute atomic E-state index is 9.13. The number of nitrogens with zero attached hydrogens (tertiary/aromatic N) is 1. The van der Waals surface area contributed by atoms with E-state index in [-0.39, 0.29) is 6.61 Å². The number of piperidine rings is 1. The third-order valence-corrected chi connectivity index (χ3v) is 4.45. The van der Waals surface area contributed by atoms with Crippen molar-refractivity contribution in [1.82, 2.24) is 10.2 Å². The van der Waals surface area contributed by atoms with Crippen molar-refractivity contribution in [2.45, 2.75) is 44.8 Å².